The molecule has 21 heavy (non-hydrogen) atoms. The molecular formula is C16H32N4O. The normalized spacial score (nSPS) is 12.7. The van der Waals surface area contributed by atoms with Crippen LogP contribution in [0.3, 0.4) is 0 Å². The number of nitrogens with zero attached hydrogens (tertiary/aromatic N) is 2. The zero-order valence-electron chi connectivity index (χ0n) is 14.1. The minimum absolute atomic E-state index is 0.00898. The molecule has 0 saturated carbocycles. The van der Waals surface area contributed by atoms with Crippen LogP contribution < -0.4 is 10.6 Å². The van der Waals surface area contributed by atoms with Crippen molar-refractivity contribution in [1.29, 1.82) is 0 Å². The monoisotopic (exact) mass is 296 g/mol. The first-order chi connectivity index (χ1) is 10.0. The molecule has 0 saturated heterocycles. The molecule has 0 aliphatic rings. The van der Waals surface area contributed by atoms with Crippen molar-refractivity contribution in [3.63, 3.8) is 0 Å². The molecule has 0 radical (unpaired) electrons. The molecule has 0 aliphatic heterocycles. The Kier molecular flexibility index (Phi) is 11.4. The predicted octanol–water partition coefficient (Wildman–Crippen LogP) is 2.15. The van der Waals surface area contributed by atoms with E-state index in [2.05, 4.69) is 36.1 Å². The highest BCUT2D eigenvalue weighted by Crippen LogP contribution is 2.05. The maximum atomic E-state index is 11.6. The van der Waals surface area contributed by atoms with E-state index in [1.54, 1.807) is 25.1 Å². The van der Waals surface area contributed by atoms with Crippen molar-refractivity contribution < 1.29 is 4.79 Å². The minimum Gasteiger partial charge on any atom is -0.354 e. The lowest BCUT2D eigenvalue weighted by Crippen LogP contribution is -2.43. The second-order valence-electron chi connectivity index (χ2n) is 5.52. The molecule has 0 heterocycles. The molecular weight excluding hydrogens is 264 g/mol. The summed E-state index contributed by atoms with van der Waals surface area (Å²) in [5.41, 5.74) is 0. The van der Waals surface area contributed by atoms with Crippen LogP contribution in [-0.4, -0.2) is 50.0 Å². The van der Waals surface area contributed by atoms with Crippen molar-refractivity contribution in [2.45, 2.75) is 52.0 Å². The van der Waals surface area contributed by atoms with E-state index in [0.29, 0.717) is 18.5 Å². The van der Waals surface area contributed by atoms with Crippen molar-refractivity contribution in [3.8, 4) is 0 Å². The minimum atomic E-state index is -0.00898. The topological polar surface area (TPSA) is 56.7 Å². The maximum absolute atomic E-state index is 11.6. The van der Waals surface area contributed by atoms with Crippen LogP contribution in [0.2, 0.25) is 0 Å². The largest absolute Gasteiger partial charge is 0.354 e. The van der Waals surface area contributed by atoms with Gasteiger partial charge in [0.2, 0.25) is 5.91 Å². The van der Waals surface area contributed by atoms with Crippen molar-refractivity contribution in [1.82, 2.24) is 15.5 Å². The fourth-order valence-electron chi connectivity index (χ4n) is 1.79. The number of nitrogens with one attached hydrogen (secondary N) is 2. The van der Waals surface area contributed by atoms with Crippen LogP contribution in [0.1, 0.15) is 46.0 Å². The van der Waals surface area contributed by atoms with Crippen LogP contribution in [0.4, 0.5) is 0 Å². The van der Waals surface area contributed by atoms with Gasteiger partial charge in [-0.1, -0.05) is 38.7 Å². The number of amides is 1. The number of hydrogen-bond acceptors (Lipinski definition) is 2. The van der Waals surface area contributed by atoms with Gasteiger partial charge < -0.3 is 15.5 Å². The van der Waals surface area contributed by atoms with Crippen LogP contribution in [0.25, 0.3) is 0 Å². The second kappa shape index (κ2) is 12.2. The van der Waals surface area contributed by atoms with Gasteiger partial charge in [0.1, 0.15) is 6.54 Å². The molecule has 5 heteroatoms. The molecule has 1 amide bonds. The van der Waals surface area contributed by atoms with Gasteiger partial charge in [-0.15, -0.1) is 6.58 Å². The average molecular weight is 296 g/mol. The summed E-state index contributed by atoms with van der Waals surface area (Å²) in [7, 11) is 3.47. The van der Waals surface area contributed by atoms with E-state index >= 15 is 0 Å². The van der Waals surface area contributed by atoms with Crippen molar-refractivity contribution in [3.05, 3.63) is 12.7 Å². The summed E-state index contributed by atoms with van der Waals surface area (Å²) in [4.78, 5) is 17.5. The number of likely N-dealkylation sites (N-methyl/N-ethyl adjacent to an activating group) is 1. The molecule has 0 aromatic heterocycles. The molecule has 0 rings (SSSR count). The van der Waals surface area contributed by atoms with E-state index in [0.717, 1.165) is 6.42 Å². The summed E-state index contributed by atoms with van der Waals surface area (Å²) in [5, 5.41) is 6.49. The van der Waals surface area contributed by atoms with Gasteiger partial charge in [0.15, 0.2) is 5.96 Å². The molecule has 0 spiro atoms. The van der Waals surface area contributed by atoms with Gasteiger partial charge in [-0.05, 0) is 13.3 Å². The van der Waals surface area contributed by atoms with E-state index in [1.165, 1.54) is 25.7 Å². The van der Waals surface area contributed by atoms with Crippen molar-refractivity contribution in [2.24, 2.45) is 4.99 Å². The fraction of sp³-hybridized carbons (Fsp3) is 0.750. The Balaban J connectivity index is 4.29. The Hall–Kier alpha value is -1.52. The molecule has 122 valence electrons. The zero-order valence-corrected chi connectivity index (χ0v) is 14.1. The van der Waals surface area contributed by atoms with E-state index in [-0.39, 0.29) is 12.5 Å². The molecule has 0 aromatic carbocycles. The Labute approximate surface area is 129 Å². The quantitative estimate of drug-likeness (QED) is 0.281. The van der Waals surface area contributed by atoms with Crippen LogP contribution in [0, 0.1) is 0 Å². The third-order valence-electron chi connectivity index (χ3n) is 3.16. The zero-order chi connectivity index (χ0) is 16.1. The SMILES string of the molecule is C=CCNC(=NCC(=O)N(C)C)NC(C)CCCCCC. The lowest BCUT2D eigenvalue weighted by molar-refractivity contribution is -0.127. The summed E-state index contributed by atoms with van der Waals surface area (Å²) in [6, 6.07) is 0.340. The lowest BCUT2D eigenvalue weighted by atomic mass is 10.1. The molecule has 0 fully saturated rings. The number of hydrogen-bond donors (Lipinski definition) is 2. The van der Waals surface area contributed by atoms with Crippen LogP contribution in [0.15, 0.2) is 17.6 Å². The fourth-order valence-corrected chi connectivity index (χ4v) is 1.79. The predicted molar refractivity (Wildman–Crippen MR) is 90.6 cm³/mol. The highest BCUT2D eigenvalue weighted by molar-refractivity contribution is 5.84. The van der Waals surface area contributed by atoms with Gasteiger partial charge >= 0.3 is 0 Å². The third kappa shape index (κ3) is 10.9. The van der Waals surface area contributed by atoms with E-state index in [1.807, 2.05) is 0 Å². The van der Waals surface area contributed by atoms with Gasteiger partial charge in [-0.25, -0.2) is 4.99 Å². The first-order valence-corrected chi connectivity index (χ1v) is 7.87. The Morgan fingerprint density at radius 2 is 2.05 bits per heavy atom. The van der Waals surface area contributed by atoms with Crippen LogP contribution in [-0.2, 0) is 4.79 Å². The smallest absolute Gasteiger partial charge is 0.243 e. The van der Waals surface area contributed by atoms with Crippen LogP contribution >= 0.6 is 0 Å². The van der Waals surface area contributed by atoms with E-state index in [4.69, 9.17) is 0 Å². The molecule has 1 atom stereocenters. The number of rotatable bonds is 10. The number of guanidine groups is 1. The Bertz CT molecular complexity index is 326. The number of unbranched alkanes of at least 4 members (excludes halogenated alkanes) is 3. The third-order valence-corrected chi connectivity index (χ3v) is 3.16. The number of carbonyl (C=O) groups excluding carboxylic acids is 1. The van der Waals surface area contributed by atoms with Crippen LogP contribution in [0.5, 0.6) is 0 Å². The summed E-state index contributed by atoms with van der Waals surface area (Å²) >= 11 is 0. The summed E-state index contributed by atoms with van der Waals surface area (Å²) < 4.78 is 0. The number of carbonyl (C=O) groups is 1. The standard InChI is InChI=1S/C16H32N4O/c1-6-8-9-10-11-14(3)19-16(17-12-7-2)18-13-15(21)20(4)5/h7,14H,2,6,8-13H2,1,3-5H3,(H2,17,18,19). The van der Waals surface area contributed by atoms with Crippen molar-refractivity contribution >= 4 is 11.9 Å². The average Bonchev–Trinajstić information content (AvgIpc) is 2.45. The molecule has 2 N–H and O–H groups in total. The van der Waals surface area contributed by atoms with Gasteiger partial charge in [-0.2, -0.15) is 0 Å². The van der Waals surface area contributed by atoms with E-state index < -0.39 is 0 Å². The summed E-state index contributed by atoms with van der Waals surface area (Å²) in [5.74, 6) is 0.665. The second-order valence-corrected chi connectivity index (χ2v) is 5.52. The van der Waals surface area contributed by atoms with Gasteiger partial charge in [0, 0.05) is 26.7 Å². The number of aliphatic imine (C=N–C) groups is 1. The molecule has 5 nitrogen and oxygen atoms in total. The molecule has 0 bridgehead atoms. The molecule has 1 unspecified atom stereocenters. The highest BCUT2D eigenvalue weighted by atomic mass is 16.2. The lowest BCUT2D eigenvalue weighted by Gasteiger charge is -2.18. The van der Waals surface area contributed by atoms with Gasteiger partial charge in [-0.3, -0.25) is 4.79 Å². The maximum Gasteiger partial charge on any atom is 0.243 e. The van der Waals surface area contributed by atoms with E-state index in [9.17, 15) is 4.79 Å². The molecule has 0 aromatic rings. The van der Waals surface area contributed by atoms with Gasteiger partial charge in [0.05, 0.1) is 0 Å². The first-order valence-electron chi connectivity index (χ1n) is 7.87. The summed E-state index contributed by atoms with van der Waals surface area (Å²) in [6.45, 7) is 8.83. The van der Waals surface area contributed by atoms with Crippen molar-refractivity contribution in [2.75, 3.05) is 27.2 Å². The van der Waals surface area contributed by atoms with Gasteiger partial charge in [0.25, 0.3) is 0 Å². The Morgan fingerprint density at radius 1 is 1.33 bits per heavy atom. The molecule has 0 aliphatic carbocycles. The first kappa shape index (κ1) is 19.5. The highest BCUT2D eigenvalue weighted by Gasteiger charge is 2.07. The summed E-state index contributed by atoms with van der Waals surface area (Å²) in [6.07, 6.45) is 7.91. The Morgan fingerprint density at radius 3 is 2.62 bits per heavy atom.